The Hall–Kier alpha value is -0.940. The van der Waals surface area contributed by atoms with Gasteiger partial charge in [-0.15, -0.1) is 0 Å². The van der Waals surface area contributed by atoms with Gasteiger partial charge < -0.3 is 15.3 Å². The van der Waals surface area contributed by atoms with Crippen molar-refractivity contribution < 1.29 is 9.90 Å². The van der Waals surface area contributed by atoms with E-state index in [4.69, 9.17) is 4.99 Å². The fourth-order valence-electron chi connectivity index (χ4n) is 11.6. The molecule has 0 aromatic heterocycles. The quantitative estimate of drug-likeness (QED) is 0.579. The number of carbonyl (C=O) groups is 1. The molecule has 5 aliphatic carbocycles. The first-order valence-corrected chi connectivity index (χ1v) is 15.0. The zero-order valence-electron chi connectivity index (χ0n) is 24.2. The molecule has 3 unspecified atom stereocenters. The summed E-state index contributed by atoms with van der Waals surface area (Å²) in [6, 6.07) is 0.750. The van der Waals surface area contributed by atoms with Gasteiger partial charge in [0.25, 0.3) is 0 Å². The Labute approximate surface area is 219 Å². The van der Waals surface area contributed by atoms with Crippen molar-refractivity contribution >= 4 is 11.6 Å². The zero-order valence-corrected chi connectivity index (χ0v) is 24.2. The molecule has 1 heterocycles. The van der Waals surface area contributed by atoms with Gasteiger partial charge in [-0.3, -0.25) is 9.79 Å². The van der Waals surface area contributed by atoms with Crippen LogP contribution in [0.2, 0.25) is 0 Å². The average Bonchev–Trinajstić information content (AvgIpc) is 3.46. The SMILES string of the molecule is CCC(C)C1=NC[C@]2(C)[C@H](CCC34CC35C(=O)C[C@]3(C)[C@@H]([C@H](C)N(C)C)[C@H](O)C[C@@]3(C)[C@@H]5CC[C@H]42)N1. The number of aliphatic hydroxyl groups is 1. The van der Waals surface area contributed by atoms with Gasteiger partial charge in [0.1, 0.15) is 5.78 Å². The van der Waals surface area contributed by atoms with Crippen molar-refractivity contribution in [3.63, 3.8) is 0 Å². The number of amidine groups is 1. The number of ketones is 1. The maximum Gasteiger partial charge on any atom is 0.140 e. The van der Waals surface area contributed by atoms with E-state index < -0.39 is 0 Å². The second-order valence-electron chi connectivity index (χ2n) is 15.2. The van der Waals surface area contributed by atoms with Gasteiger partial charge in [0.05, 0.1) is 11.9 Å². The van der Waals surface area contributed by atoms with Crippen LogP contribution in [-0.4, -0.2) is 60.5 Å². The molecular formula is C31H51N3O2. The van der Waals surface area contributed by atoms with E-state index in [1.165, 1.54) is 25.1 Å². The van der Waals surface area contributed by atoms with Crippen LogP contribution in [0.1, 0.15) is 92.9 Å². The van der Waals surface area contributed by atoms with Crippen molar-refractivity contribution in [1.29, 1.82) is 0 Å². The van der Waals surface area contributed by atoms with Crippen LogP contribution in [-0.2, 0) is 4.79 Å². The number of rotatable bonds is 4. The van der Waals surface area contributed by atoms with Gasteiger partial charge in [-0.2, -0.15) is 0 Å². The van der Waals surface area contributed by atoms with E-state index in [1.807, 2.05) is 0 Å². The van der Waals surface area contributed by atoms with E-state index in [9.17, 15) is 9.90 Å². The molecule has 0 bridgehead atoms. The van der Waals surface area contributed by atoms with Crippen LogP contribution in [0.3, 0.4) is 0 Å². The highest BCUT2D eigenvalue weighted by atomic mass is 16.3. The predicted octanol–water partition coefficient (Wildman–Crippen LogP) is 4.92. The minimum Gasteiger partial charge on any atom is -0.393 e. The Morgan fingerprint density at radius 1 is 1.11 bits per heavy atom. The number of aliphatic imine (C=N–C) groups is 1. The van der Waals surface area contributed by atoms with Gasteiger partial charge in [-0.25, -0.2) is 0 Å². The highest BCUT2D eigenvalue weighted by Crippen LogP contribution is 2.88. The van der Waals surface area contributed by atoms with Crippen molar-refractivity contribution in [3.05, 3.63) is 0 Å². The van der Waals surface area contributed by atoms with Gasteiger partial charge >= 0.3 is 0 Å². The molecule has 6 aliphatic rings. The van der Waals surface area contributed by atoms with Crippen molar-refractivity contribution in [2.75, 3.05) is 20.6 Å². The van der Waals surface area contributed by atoms with Gasteiger partial charge in [-0.1, -0.05) is 34.6 Å². The molecule has 5 heteroatoms. The van der Waals surface area contributed by atoms with Crippen LogP contribution in [0, 0.1) is 50.7 Å². The number of aliphatic hydroxyl groups excluding tert-OH is 1. The number of nitrogens with zero attached hydrogens (tertiary/aromatic N) is 2. The normalized spacial score (nSPS) is 54.8. The van der Waals surface area contributed by atoms with E-state index in [0.717, 1.165) is 32.2 Å². The first-order valence-electron chi connectivity index (χ1n) is 15.0. The van der Waals surface area contributed by atoms with Crippen LogP contribution < -0.4 is 5.32 Å². The average molecular weight is 498 g/mol. The molecule has 0 aromatic carbocycles. The molecule has 0 amide bonds. The third-order valence-corrected chi connectivity index (χ3v) is 14.0. The maximum atomic E-state index is 14.5. The Morgan fingerprint density at radius 3 is 2.47 bits per heavy atom. The number of fused-ring (bicyclic) bond motifs is 4. The summed E-state index contributed by atoms with van der Waals surface area (Å²) in [4.78, 5) is 21.9. The van der Waals surface area contributed by atoms with Crippen LogP contribution in [0.4, 0.5) is 0 Å². The number of Topliss-reactive ketones (excluding diaryl/α,β-unsaturated/α-hetero) is 1. The minimum atomic E-state index is -0.322. The van der Waals surface area contributed by atoms with E-state index in [0.29, 0.717) is 36.0 Å². The first-order chi connectivity index (χ1) is 16.8. The second-order valence-corrected chi connectivity index (χ2v) is 15.2. The Morgan fingerprint density at radius 2 is 1.81 bits per heavy atom. The lowest BCUT2D eigenvalue weighted by Gasteiger charge is -2.63. The summed E-state index contributed by atoms with van der Waals surface area (Å²) in [5, 5.41) is 15.4. The molecule has 5 saturated carbocycles. The van der Waals surface area contributed by atoms with Gasteiger partial charge in [-0.05, 0) is 94.0 Å². The van der Waals surface area contributed by atoms with E-state index in [-0.39, 0.29) is 45.1 Å². The largest absolute Gasteiger partial charge is 0.393 e. The molecule has 2 spiro atoms. The van der Waals surface area contributed by atoms with E-state index in [1.54, 1.807) is 0 Å². The fourth-order valence-corrected chi connectivity index (χ4v) is 11.6. The molecule has 12 atom stereocenters. The first kappa shape index (κ1) is 25.3. The summed E-state index contributed by atoms with van der Waals surface area (Å²) >= 11 is 0. The van der Waals surface area contributed by atoms with Crippen molar-refractivity contribution in [2.24, 2.45) is 55.7 Å². The van der Waals surface area contributed by atoms with Crippen LogP contribution in [0.15, 0.2) is 4.99 Å². The van der Waals surface area contributed by atoms with Gasteiger partial charge in [0.15, 0.2) is 0 Å². The summed E-state index contributed by atoms with van der Waals surface area (Å²) in [5.74, 6) is 3.41. The second kappa shape index (κ2) is 7.58. The molecule has 0 aromatic rings. The zero-order chi connectivity index (χ0) is 26.1. The molecule has 2 N–H and O–H groups in total. The number of hydrogen-bond acceptors (Lipinski definition) is 5. The number of hydrogen-bond donors (Lipinski definition) is 2. The highest BCUT2D eigenvalue weighted by molar-refractivity contribution is 5.92. The fraction of sp³-hybridized carbons (Fsp3) is 0.935. The van der Waals surface area contributed by atoms with Crippen LogP contribution in [0.25, 0.3) is 0 Å². The van der Waals surface area contributed by atoms with Crippen LogP contribution >= 0.6 is 0 Å². The van der Waals surface area contributed by atoms with Gasteiger partial charge in [0.2, 0.25) is 0 Å². The molecule has 5 fully saturated rings. The monoisotopic (exact) mass is 497 g/mol. The summed E-state index contributed by atoms with van der Waals surface area (Å²) in [6.07, 6.45) is 8.14. The third-order valence-electron chi connectivity index (χ3n) is 14.0. The smallest absolute Gasteiger partial charge is 0.140 e. The minimum absolute atomic E-state index is 0.0220. The lowest BCUT2D eigenvalue weighted by Crippen LogP contribution is -2.65. The highest BCUT2D eigenvalue weighted by Gasteiger charge is 2.86. The van der Waals surface area contributed by atoms with Crippen molar-refractivity contribution in [1.82, 2.24) is 10.2 Å². The molecule has 0 saturated heterocycles. The maximum absolute atomic E-state index is 14.5. The molecule has 6 rings (SSSR count). The number of carbonyl (C=O) groups excluding carboxylic acids is 1. The summed E-state index contributed by atoms with van der Waals surface area (Å²) in [6.45, 7) is 15.0. The molecule has 1 aliphatic heterocycles. The van der Waals surface area contributed by atoms with Crippen LogP contribution in [0.5, 0.6) is 0 Å². The number of nitrogens with one attached hydrogen (secondary N) is 1. The summed E-state index contributed by atoms with van der Waals surface area (Å²) < 4.78 is 0. The van der Waals surface area contributed by atoms with Crippen molar-refractivity contribution in [2.45, 2.75) is 111 Å². The molecule has 0 radical (unpaired) electrons. The summed E-state index contributed by atoms with van der Waals surface area (Å²) in [5.41, 5.74) is 0.0539. The molecular weight excluding hydrogens is 446 g/mol. The lowest BCUT2D eigenvalue weighted by molar-refractivity contribution is -0.170. The molecule has 36 heavy (non-hydrogen) atoms. The van der Waals surface area contributed by atoms with E-state index in [2.05, 4.69) is 65.9 Å². The topological polar surface area (TPSA) is 64.9 Å². The third kappa shape index (κ3) is 2.71. The Balaban J connectivity index is 1.36. The molecule has 202 valence electrons. The lowest BCUT2D eigenvalue weighted by atomic mass is 9.41. The standard InChI is InChI=1S/C31H51N3O2/c1-9-18(2)26-32-17-27(4)21-10-11-22-28(5)14-20(35)25(19(3)34(7)8)29(28,6)15-24(36)31(22)16-30(21,31)13-12-23(27)33-26/h18-23,25,35H,9-17H2,1-8H3,(H,32,33)/t18?,19-,20+,21-,22-,23-,25-,27-,28-,29+,30?,31?/m0/s1. The van der Waals surface area contributed by atoms with Gasteiger partial charge in [0, 0.05) is 47.7 Å². The molecule has 5 nitrogen and oxygen atoms in total. The Kier molecular flexibility index (Phi) is 5.34. The van der Waals surface area contributed by atoms with E-state index >= 15 is 0 Å². The van der Waals surface area contributed by atoms with Crippen molar-refractivity contribution in [3.8, 4) is 0 Å². The predicted molar refractivity (Wildman–Crippen MR) is 145 cm³/mol. The Bertz CT molecular complexity index is 994. The summed E-state index contributed by atoms with van der Waals surface area (Å²) in [7, 11) is 4.24.